The highest BCUT2D eigenvalue weighted by Gasteiger charge is 2.17. The maximum atomic E-state index is 12.4. The minimum Gasteiger partial charge on any atom is -0.284 e. The molecule has 1 aromatic rings. The molecule has 0 aromatic carbocycles. The Kier molecular flexibility index (Phi) is 3.32. The molecule has 17 heavy (non-hydrogen) atoms. The lowest BCUT2D eigenvalue weighted by atomic mass is 9.90. The number of allylic oxidation sites excluding steroid dienone is 3. The number of hydrogen-bond acceptors (Lipinski definition) is 1. The maximum Gasteiger partial charge on any atom is 0.258 e. The summed E-state index contributed by atoms with van der Waals surface area (Å²) in [7, 11) is 0. The molecule has 0 unspecified atom stereocenters. The maximum absolute atomic E-state index is 12.4. The van der Waals surface area contributed by atoms with Crippen molar-refractivity contribution in [2.24, 2.45) is 0 Å². The zero-order chi connectivity index (χ0) is 12.4. The zero-order valence-corrected chi connectivity index (χ0v) is 10.6. The van der Waals surface area contributed by atoms with Gasteiger partial charge in [-0.2, -0.15) is 0 Å². The number of nitrogens with zero attached hydrogens (tertiary/aromatic N) is 1. The molecule has 1 aliphatic rings. The molecular formula is C15H19NO. The van der Waals surface area contributed by atoms with Crippen molar-refractivity contribution in [3.05, 3.63) is 52.0 Å². The molecule has 2 nitrogen and oxygen atoms in total. The van der Waals surface area contributed by atoms with E-state index in [1.165, 1.54) is 17.5 Å². The number of aromatic nitrogens is 1. The third-order valence-electron chi connectivity index (χ3n) is 3.53. The van der Waals surface area contributed by atoms with Crippen molar-refractivity contribution in [1.29, 1.82) is 0 Å². The molecule has 2 rings (SSSR count). The third-order valence-corrected chi connectivity index (χ3v) is 3.53. The van der Waals surface area contributed by atoms with E-state index in [1.807, 2.05) is 19.2 Å². The minimum atomic E-state index is 0.137. The highest BCUT2D eigenvalue weighted by Crippen LogP contribution is 2.22. The predicted molar refractivity (Wildman–Crippen MR) is 72.2 cm³/mol. The lowest BCUT2D eigenvalue weighted by Gasteiger charge is -2.20. The van der Waals surface area contributed by atoms with Gasteiger partial charge in [-0.3, -0.25) is 9.36 Å². The molecule has 0 fully saturated rings. The Balaban J connectivity index is 2.68. The van der Waals surface area contributed by atoms with Gasteiger partial charge in [-0.05, 0) is 56.7 Å². The SMILES string of the molecule is C=C/C(=C\C)n1cc(C)c2c(c1=O)CCCC2. The zero-order valence-electron chi connectivity index (χ0n) is 10.6. The van der Waals surface area contributed by atoms with Gasteiger partial charge < -0.3 is 0 Å². The normalized spacial score (nSPS) is 15.5. The van der Waals surface area contributed by atoms with Gasteiger partial charge in [-0.25, -0.2) is 0 Å². The lowest BCUT2D eigenvalue weighted by molar-refractivity contribution is 0.667. The van der Waals surface area contributed by atoms with Crippen molar-refractivity contribution in [3.8, 4) is 0 Å². The molecule has 0 amide bonds. The fraction of sp³-hybridized carbons (Fsp3) is 0.400. The van der Waals surface area contributed by atoms with Crippen LogP contribution in [0.25, 0.3) is 5.70 Å². The van der Waals surface area contributed by atoms with E-state index >= 15 is 0 Å². The van der Waals surface area contributed by atoms with Crippen LogP contribution >= 0.6 is 0 Å². The van der Waals surface area contributed by atoms with E-state index in [2.05, 4.69) is 13.5 Å². The van der Waals surface area contributed by atoms with Gasteiger partial charge in [0.1, 0.15) is 0 Å². The second kappa shape index (κ2) is 4.74. The standard InChI is InChI=1S/C15H19NO/c1-4-12(5-2)16-10-11(3)13-8-6-7-9-14(13)15(16)17/h4-5,10H,1,6-9H2,2-3H3/b12-5+. The van der Waals surface area contributed by atoms with Crippen LogP contribution in [0, 0.1) is 6.92 Å². The Morgan fingerprint density at radius 3 is 2.59 bits per heavy atom. The molecule has 1 heterocycles. The number of fused-ring (bicyclic) bond motifs is 1. The number of pyridine rings is 1. The Bertz CT molecular complexity index is 535. The van der Waals surface area contributed by atoms with Gasteiger partial charge in [-0.1, -0.05) is 12.7 Å². The van der Waals surface area contributed by atoms with Gasteiger partial charge in [0, 0.05) is 17.5 Å². The fourth-order valence-electron chi connectivity index (χ4n) is 2.60. The first-order valence-corrected chi connectivity index (χ1v) is 6.22. The molecule has 0 N–H and O–H groups in total. The van der Waals surface area contributed by atoms with Crippen molar-refractivity contribution in [3.63, 3.8) is 0 Å². The Labute approximate surface area is 102 Å². The van der Waals surface area contributed by atoms with Crippen molar-refractivity contribution in [2.75, 3.05) is 0 Å². The molecule has 90 valence electrons. The van der Waals surface area contributed by atoms with Crippen LogP contribution in [0.2, 0.25) is 0 Å². The Morgan fingerprint density at radius 2 is 2.00 bits per heavy atom. The van der Waals surface area contributed by atoms with Crippen LogP contribution in [-0.2, 0) is 12.8 Å². The monoisotopic (exact) mass is 229 g/mol. The summed E-state index contributed by atoms with van der Waals surface area (Å²) in [5.41, 5.74) is 4.51. The molecule has 0 aliphatic heterocycles. The average molecular weight is 229 g/mol. The van der Waals surface area contributed by atoms with Gasteiger partial charge in [0.05, 0.1) is 0 Å². The van der Waals surface area contributed by atoms with E-state index in [0.29, 0.717) is 0 Å². The van der Waals surface area contributed by atoms with Gasteiger partial charge >= 0.3 is 0 Å². The summed E-state index contributed by atoms with van der Waals surface area (Å²) < 4.78 is 1.73. The van der Waals surface area contributed by atoms with Crippen LogP contribution in [0.4, 0.5) is 0 Å². The molecular weight excluding hydrogens is 210 g/mol. The summed E-state index contributed by atoms with van der Waals surface area (Å²) in [5.74, 6) is 0. The van der Waals surface area contributed by atoms with E-state index in [1.54, 1.807) is 10.6 Å². The number of rotatable bonds is 2. The van der Waals surface area contributed by atoms with E-state index in [-0.39, 0.29) is 5.56 Å². The van der Waals surface area contributed by atoms with Crippen molar-refractivity contribution in [1.82, 2.24) is 4.57 Å². The topological polar surface area (TPSA) is 22.0 Å². The van der Waals surface area contributed by atoms with E-state index in [4.69, 9.17) is 0 Å². The van der Waals surface area contributed by atoms with E-state index < -0.39 is 0 Å². The van der Waals surface area contributed by atoms with E-state index in [0.717, 1.165) is 30.5 Å². The first-order valence-electron chi connectivity index (χ1n) is 6.22. The smallest absolute Gasteiger partial charge is 0.258 e. The van der Waals surface area contributed by atoms with Crippen LogP contribution in [0.1, 0.15) is 36.5 Å². The molecule has 1 aromatic heterocycles. The quantitative estimate of drug-likeness (QED) is 0.714. The lowest BCUT2D eigenvalue weighted by Crippen LogP contribution is -2.27. The average Bonchev–Trinajstić information content (AvgIpc) is 2.37. The predicted octanol–water partition coefficient (Wildman–Crippen LogP) is 3.08. The molecule has 0 bridgehead atoms. The first kappa shape index (κ1) is 11.9. The van der Waals surface area contributed by atoms with Crippen molar-refractivity contribution >= 4 is 5.70 Å². The first-order chi connectivity index (χ1) is 8.19. The molecule has 0 atom stereocenters. The molecule has 0 saturated carbocycles. The highest BCUT2D eigenvalue weighted by atomic mass is 16.1. The second-order valence-electron chi connectivity index (χ2n) is 4.57. The third kappa shape index (κ3) is 1.99. The largest absolute Gasteiger partial charge is 0.284 e. The van der Waals surface area contributed by atoms with Crippen LogP contribution in [-0.4, -0.2) is 4.57 Å². The minimum absolute atomic E-state index is 0.137. The molecule has 0 saturated heterocycles. The van der Waals surface area contributed by atoms with Crippen molar-refractivity contribution < 1.29 is 0 Å². The van der Waals surface area contributed by atoms with Crippen LogP contribution in [0.5, 0.6) is 0 Å². The van der Waals surface area contributed by atoms with Crippen LogP contribution in [0.15, 0.2) is 29.7 Å². The van der Waals surface area contributed by atoms with Gasteiger partial charge in [0.2, 0.25) is 0 Å². The summed E-state index contributed by atoms with van der Waals surface area (Å²) in [5, 5.41) is 0. The summed E-state index contributed by atoms with van der Waals surface area (Å²) in [6.45, 7) is 7.79. The highest BCUT2D eigenvalue weighted by molar-refractivity contribution is 5.57. The molecule has 0 radical (unpaired) electrons. The van der Waals surface area contributed by atoms with Crippen molar-refractivity contribution in [2.45, 2.75) is 39.5 Å². The summed E-state index contributed by atoms with van der Waals surface area (Å²) in [6, 6.07) is 0. The van der Waals surface area contributed by atoms with E-state index in [9.17, 15) is 4.79 Å². The molecule has 2 heteroatoms. The summed E-state index contributed by atoms with van der Waals surface area (Å²) >= 11 is 0. The van der Waals surface area contributed by atoms with Gasteiger partial charge in [-0.15, -0.1) is 0 Å². The summed E-state index contributed by atoms with van der Waals surface area (Å²) in [4.78, 5) is 12.4. The fourth-order valence-corrected chi connectivity index (χ4v) is 2.60. The second-order valence-corrected chi connectivity index (χ2v) is 4.57. The summed E-state index contributed by atoms with van der Waals surface area (Å²) in [6.07, 6.45) is 9.91. The number of hydrogen-bond donors (Lipinski definition) is 0. The van der Waals surface area contributed by atoms with Crippen LogP contribution < -0.4 is 5.56 Å². The Hall–Kier alpha value is -1.57. The van der Waals surface area contributed by atoms with Crippen LogP contribution in [0.3, 0.4) is 0 Å². The van der Waals surface area contributed by atoms with Gasteiger partial charge in [0.25, 0.3) is 5.56 Å². The number of aryl methyl sites for hydroxylation is 1. The molecule has 1 aliphatic carbocycles. The van der Waals surface area contributed by atoms with Gasteiger partial charge in [0.15, 0.2) is 0 Å². The molecule has 0 spiro atoms. The Morgan fingerprint density at radius 1 is 1.35 bits per heavy atom.